The van der Waals surface area contributed by atoms with Crippen LogP contribution in [0, 0.1) is 11.3 Å². The predicted molar refractivity (Wildman–Crippen MR) is 139 cm³/mol. The third kappa shape index (κ3) is 6.71. The van der Waals surface area contributed by atoms with Crippen molar-refractivity contribution >= 4 is 8.32 Å². The van der Waals surface area contributed by atoms with Crippen molar-refractivity contribution < 1.29 is 28.5 Å². The first-order valence-electron chi connectivity index (χ1n) is 12.1. The number of benzene rings is 1. The quantitative estimate of drug-likeness (QED) is 0.247. The van der Waals surface area contributed by atoms with Gasteiger partial charge in [-0.1, -0.05) is 46.4 Å². The summed E-state index contributed by atoms with van der Waals surface area (Å²) in [5.41, 5.74) is 1.46. The van der Waals surface area contributed by atoms with E-state index in [1.165, 1.54) is 0 Å². The highest BCUT2D eigenvalue weighted by atomic mass is 28.4. The maximum atomic E-state index is 11.0. The molecule has 0 unspecified atom stereocenters. The number of aliphatic hydroxyl groups excluding tert-OH is 1. The molecule has 1 aromatic rings. The lowest BCUT2D eigenvalue weighted by Crippen LogP contribution is -2.57. The van der Waals surface area contributed by atoms with Crippen LogP contribution in [0.5, 0.6) is 5.75 Å². The summed E-state index contributed by atoms with van der Waals surface area (Å²) in [5.74, 6) is 0.702. The van der Waals surface area contributed by atoms with E-state index in [4.69, 9.17) is 23.4 Å². The van der Waals surface area contributed by atoms with Crippen molar-refractivity contribution in [1.82, 2.24) is 0 Å². The molecule has 0 aliphatic heterocycles. The lowest BCUT2D eigenvalue weighted by molar-refractivity contribution is -0.160. The van der Waals surface area contributed by atoms with Gasteiger partial charge in [-0.2, -0.15) is 0 Å². The van der Waals surface area contributed by atoms with Gasteiger partial charge in [0.2, 0.25) is 0 Å². The van der Waals surface area contributed by atoms with Gasteiger partial charge in [-0.25, -0.2) is 0 Å². The Morgan fingerprint density at radius 3 is 2.21 bits per heavy atom. The molecule has 1 fully saturated rings. The number of methoxy groups -OCH3 is 3. The van der Waals surface area contributed by atoms with Gasteiger partial charge in [0.15, 0.2) is 14.6 Å². The molecule has 194 valence electrons. The van der Waals surface area contributed by atoms with Crippen LogP contribution in [0.4, 0.5) is 0 Å². The minimum Gasteiger partial charge on any atom is -0.497 e. The van der Waals surface area contributed by atoms with Gasteiger partial charge in [0.05, 0.1) is 32.5 Å². The second-order valence-electron chi connectivity index (χ2n) is 11.2. The molecule has 34 heavy (non-hydrogen) atoms. The predicted octanol–water partition coefficient (Wildman–Crippen LogP) is 5.55. The molecule has 1 N–H and O–H groups in total. The van der Waals surface area contributed by atoms with E-state index in [1.54, 1.807) is 21.3 Å². The standard InChI is InChI=1S/C27H46O6Si/c1-19-22(18-32-17-20-11-13-21(29-6)14-12-20)27(5,16-25(30-7)31-8)24(15-23(19)28)33-34(9,10)26(2,3)4/h11-14,22-25,28H,1,15-18H2,2-10H3/t22-,23+,24+,27+/m1/s1. The van der Waals surface area contributed by atoms with Crippen LogP contribution in [0.2, 0.25) is 18.1 Å². The molecule has 1 aliphatic rings. The van der Waals surface area contributed by atoms with Crippen LogP contribution in [0.1, 0.15) is 46.1 Å². The molecular weight excluding hydrogens is 448 g/mol. The summed E-state index contributed by atoms with van der Waals surface area (Å²) in [4.78, 5) is 0. The van der Waals surface area contributed by atoms with Crippen molar-refractivity contribution in [3.05, 3.63) is 42.0 Å². The molecule has 1 aromatic carbocycles. The summed E-state index contributed by atoms with van der Waals surface area (Å²) in [7, 11) is 2.86. The lowest BCUT2D eigenvalue weighted by atomic mass is 9.61. The Balaban J connectivity index is 2.31. The lowest BCUT2D eigenvalue weighted by Gasteiger charge is -2.53. The van der Waals surface area contributed by atoms with Crippen molar-refractivity contribution in [2.24, 2.45) is 11.3 Å². The fraction of sp³-hybridized carbons (Fsp3) is 0.704. The van der Waals surface area contributed by atoms with Crippen LogP contribution in [-0.2, 0) is 25.2 Å². The minimum absolute atomic E-state index is 0.0512. The van der Waals surface area contributed by atoms with Crippen molar-refractivity contribution in [3.8, 4) is 5.75 Å². The minimum atomic E-state index is -2.10. The molecular formula is C27H46O6Si. The summed E-state index contributed by atoms with van der Waals surface area (Å²) in [6.07, 6.45) is -0.0710. The Labute approximate surface area is 207 Å². The molecule has 0 radical (unpaired) electrons. The van der Waals surface area contributed by atoms with Crippen molar-refractivity contribution in [2.45, 2.75) is 83.8 Å². The van der Waals surface area contributed by atoms with E-state index >= 15 is 0 Å². The van der Waals surface area contributed by atoms with Gasteiger partial charge in [-0.05, 0) is 41.4 Å². The van der Waals surface area contributed by atoms with Gasteiger partial charge in [0.1, 0.15) is 5.75 Å². The van der Waals surface area contributed by atoms with E-state index in [2.05, 4.69) is 47.4 Å². The van der Waals surface area contributed by atoms with Crippen LogP contribution in [-0.4, -0.2) is 59.9 Å². The number of ether oxygens (including phenoxy) is 4. The number of hydrogen-bond acceptors (Lipinski definition) is 6. The monoisotopic (exact) mass is 494 g/mol. The van der Waals surface area contributed by atoms with Crippen LogP contribution < -0.4 is 4.74 Å². The number of hydrogen-bond donors (Lipinski definition) is 1. The maximum absolute atomic E-state index is 11.0. The zero-order valence-corrected chi connectivity index (χ0v) is 23.6. The second-order valence-corrected chi connectivity index (χ2v) is 16.0. The second kappa shape index (κ2) is 11.7. The molecule has 1 saturated carbocycles. The van der Waals surface area contributed by atoms with Crippen LogP contribution in [0.25, 0.3) is 0 Å². The van der Waals surface area contributed by atoms with Crippen molar-refractivity contribution in [3.63, 3.8) is 0 Å². The van der Waals surface area contributed by atoms with Crippen molar-refractivity contribution in [2.75, 3.05) is 27.9 Å². The first-order chi connectivity index (χ1) is 15.8. The average molecular weight is 495 g/mol. The summed E-state index contributed by atoms with van der Waals surface area (Å²) < 4.78 is 29.6. The van der Waals surface area contributed by atoms with E-state index in [0.29, 0.717) is 26.1 Å². The van der Waals surface area contributed by atoms with E-state index in [1.807, 2.05) is 24.3 Å². The van der Waals surface area contributed by atoms with Crippen LogP contribution >= 0.6 is 0 Å². The molecule has 6 nitrogen and oxygen atoms in total. The molecule has 2 rings (SSSR count). The van der Waals surface area contributed by atoms with E-state index in [9.17, 15) is 5.11 Å². The van der Waals surface area contributed by atoms with Gasteiger partial charge < -0.3 is 28.5 Å². The molecule has 0 saturated heterocycles. The van der Waals surface area contributed by atoms with E-state index < -0.39 is 14.4 Å². The zero-order valence-electron chi connectivity index (χ0n) is 22.6. The normalized spacial score (nSPS) is 26.2. The van der Waals surface area contributed by atoms with Crippen molar-refractivity contribution in [1.29, 1.82) is 0 Å². The van der Waals surface area contributed by atoms with Crippen LogP contribution in [0.3, 0.4) is 0 Å². The van der Waals surface area contributed by atoms with Gasteiger partial charge in [0.25, 0.3) is 0 Å². The molecule has 7 heteroatoms. The number of rotatable bonds is 11. The average Bonchev–Trinajstić information content (AvgIpc) is 2.77. The zero-order chi connectivity index (χ0) is 25.7. The van der Waals surface area contributed by atoms with Crippen LogP contribution in [0.15, 0.2) is 36.4 Å². The fourth-order valence-electron chi connectivity index (χ4n) is 4.43. The van der Waals surface area contributed by atoms with Gasteiger partial charge in [0, 0.05) is 38.4 Å². The molecule has 1 aliphatic carbocycles. The third-order valence-electron chi connectivity index (χ3n) is 7.93. The summed E-state index contributed by atoms with van der Waals surface area (Å²) in [6, 6.07) is 7.85. The first-order valence-corrected chi connectivity index (χ1v) is 15.0. The number of aliphatic hydroxyl groups is 1. The van der Waals surface area contributed by atoms with E-state index in [0.717, 1.165) is 16.9 Å². The summed E-state index contributed by atoms with van der Waals surface area (Å²) in [6.45, 7) is 18.6. The molecule has 0 amide bonds. The topological polar surface area (TPSA) is 66.4 Å². The highest BCUT2D eigenvalue weighted by molar-refractivity contribution is 6.74. The SMILES string of the molecule is C=C1[C@@H](COCc2ccc(OC)cc2)[C@](C)(CC(OC)OC)[C@@H](O[Si](C)(C)C(C)(C)C)C[C@@H]1O. The van der Waals surface area contributed by atoms with Gasteiger partial charge >= 0.3 is 0 Å². The third-order valence-corrected chi connectivity index (χ3v) is 12.4. The van der Waals surface area contributed by atoms with Gasteiger partial charge in [-0.3, -0.25) is 0 Å². The Morgan fingerprint density at radius 2 is 1.71 bits per heavy atom. The molecule has 0 heterocycles. The Hall–Kier alpha value is -1.22. The molecule has 0 aromatic heterocycles. The Bertz CT molecular complexity index is 783. The molecule has 0 bridgehead atoms. The highest BCUT2D eigenvalue weighted by Crippen LogP contribution is 2.51. The maximum Gasteiger partial charge on any atom is 0.192 e. The summed E-state index contributed by atoms with van der Waals surface area (Å²) >= 11 is 0. The first kappa shape index (κ1) is 29.0. The molecule has 4 atom stereocenters. The summed E-state index contributed by atoms with van der Waals surface area (Å²) in [5, 5.41) is 11.0. The van der Waals surface area contributed by atoms with Gasteiger partial charge in [-0.15, -0.1) is 0 Å². The van der Waals surface area contributed by atoms with E-state index in [-0.39, 0.29) is 28.8 Å². The Kier molecular flexibility index (Phi) is 9.96. The largest absolute Gasteiger partial charge is 0.497 e. The highest BCUT2D eigenvalue weighted by Gasteiger charge is 2.53. The molecule has 0 spiro atoms. The fourth-order valence-corrected chi connectivity index (χ4v) is 5.86. The smallest absolute Gasteiger partial charge is 0.192 e. The Morgan fingerprint density at radius 1 is 1.12 bits per heavy atom.